The fourth-order valence-corrected chi connectivity index (χ4v) is 0.584. The van der Waals surface area contributed by atoms with E-state index in [4.69, 9.17) is 14.9 Å². The van der Waals surface area contributed by atoms with Gasteiger partial charge >= 0.3 is 13.2 Å². The van der Waals surface area contributed by atoms with Crippen molar-refractivity contribution in [2.75, 3.05) is 13.2 Å². The van der Waals surface area contributed by atoms with Gasteiger partial charge in [0.25, 0.3) is 0 Å². The van der Waals surface area contributed by atoms with Crippen molar-refractivity contribution in [3.63, 3.8) is 0 Å². The number of carbonyl (C=O) groups excluding carboxylic acids is 1. The molecule has 4 N–H and O–H groups in total. The first-order valence-corrected chi connectivity index (χ1v) is 4.04. The standard InChI is InChI=1S/C3H8NO5P/c5-2-1-4-3(6)10(7,8)9/h5H,1-2H2,(H,4,6)(H2,7,8,9). The minimum atomic E-state index is -4.65. The van der Waals surface area contributed by atoms with Gasteiger partial charge in [-0.05, 0) is 0 Å². The molecule has 6 nitrogen and oxygen atoms in total. The molecule has 0 saturated carbocycles. The SMILES string of the molecule is O=C(NCCO)P(=O)(O)O. The molecule has 0 heterocycles. The summed E-state index contributed by atoms with van der Waals surface area (Å²) in [6.07, 6.45) is 0. The summed E-state index contributed by atoms with van der Waals surface area (Å²) in [5, 5.41) is 9.93. The molecule has 0 aromatic rings. The number of carbonyl (C=O) groups is 1. The van der Waals surface area contributed by atoms with Crippen LogP contribution in [0.15, 0.2) is 0 Å². The Hall–Kier alpha value is -0.420. The zero-order chi connectivity index (χ0) is 8.20. The number of hydrogen-bond acceptors (Lipinski definition) is 3. The van der Waals surface area contributed by atoms with E-state index >= 15 is 0 Å². The van der Waals surface area contributed by atoms with Crippen molar-refractivity contribution < 1.29 is 24.3 Å². The van der Waals surface area contributed by atoms with Gasteiger partial charge < -0.3 is 20.2 Å². The molecule has 0 rings (SSSR count). The van der Waals surface area contributed by atoms with E-state index in [1.165, 1.54) is 0 Å². The Kier molecular flexibility index (Phi) is 3.52. The summed E-state index contributed by atoms with van der Waals surface area (Å²) >= 11 is 0. The van der Waals surface area contributed by atoms with Gasteiger partial charge in [-0.1, -0.05) is 0 Å². The lowest BCUT2D eigenvalue weighted by atomic mass is 10.7. The van der Waals surface area contributed by atoms with Crippen molar-refractivity contribution in [2.24, 2.45) is 0 Å². The summed E-state index contributed by atoms with van der Waals surface area (Å²) in [4.78, 5) is 26.5. The highest BCUT2D eigenvalue weighted by atomic mass is 31.2. The van der Waals surface area contributed by atoms with Gasteiger partial charge in [0, 0.05) is 6.54 Å². The normalized spacial score (nSPS) is 11.1. The Morgan fingerprint density at radius 2 is 2.00 bits per heavy atom. The molecule has 0 aliphatic carbocycles. The Balaban J connectivity index is 3.76. The zero-order valence-corrected chi connectivity index (χ0v) is 5.91. The monoisotopic (exact) mass is 169 g/mol. The summed E-state index contributed by atoms with van der Waals surface area (Å²) in [6.45, 7) is -0.490. The maximum absolute atomic E-state index is 10.2. The summed E-state index contributed by atoms with van der Waals surface area (Å²) in [6, 6.07) is 0. The van der Waals surface area contributed by atoms with Crippen LogP contribution in [-0.2, 0) is 4.57 Å². The maximum atomic E-state index is 10.2. The van der Waals surface area contributed by atoms with Crippen molar-refractivity contribution >= 4 is 13.2 Å². The van der Waals surface area contributed by atoms with Crippen LogP contribution < -0.4 is 5.32 Å². The fraction of sp³-hybridized carbons (Fsp3) is 0.667. The van der Waals surface area contributed by atoms with Crippen molar-refractivity contribution in [3.05, 3.63) is 0 Å². The first-order chi connectivity index (χ1) is 4.48. The molecule has 0 atom stereocenters. The van der Waals surface area contributed by atoms with Gasteiger partial charge in [0.2, 0.25) is 0 Å². The molecule has 0 aromatic carbocycles. The second-order valence-electron chi connectivity index (χ2n) is 1.50. The fourth-order valence-electron chi connectivity index (χ4n) is 0.266. The molecule has 0 fully saturated rings. The number of rotatable bonds is 3. The number of aliphatic hydroxyl groups is 1. The van der Waals surface area contributed by atoms with E-state index in [2.05, 4.69) is 0 Å². The van der Waals surface area contributed by atoms with Gasteiger partial charge in [0.15, 0.2) is 0 Å². The molecule has 0 aliphatic rings. The average Bonchev–Trinajstić information content (AvgIpc) is 1.80. The molecule has 10 heavy (non-hydrogen) atoms. The second-order valence-corrected chi connectivity index (χ2v) is 2.99. The van der Waals surface area contributed by atoms with E-state index < -0.39 is 13.2 Å². The van der Waals surface area contributed by atoms with Crippen molar-refractivity contribution in [1.29, 1.82) is 0 Å². The number of nitrogens with one attached hydrogen (secondary N) is 1. The molecule has 0 aromatic heterocycles. The number of hydrogen-bond donors (Lipinski definition) is 4. The highest BCUT2D eigenvalue weighted by Gasteiger charge is 2.24. The van der Waals surface area contributed by atoms with Gasteiger partial charge in [-0.3, -0.25) is 4.79 Å². The first-order valence-electron chi connectivity index (χ1n) is 2.43. The summed E-state index contributed by atoms with van der Waals surface area (Å²) in [7, 11) is -4.65. The van der Waals surface area contributed by atoms with Crippen LogP contribution in [0.25, 0.3) is 0 Å². The molecule has 0 bridgehead atoms. The van der Waals surface area contributed by atoms with E-state index in [1.807, 2.05) is 5.32 Å². The van der Waals surface area contributed by atoms with E-state index in [0.717, 1.165) is 0 Å². The van der Waals surface area contributed by atoms with E-state index in [0.29, 0.717) is 0 Å². The van der Waals surface area contributed by atoms with Crippen molar-refractivity contribution in [2.45, 2.75) is 0 Å². The van der Waals surface area contributed by atoms with Crippen LogP contribution in [0.4, 0.5) is 4.79 Å². The third kappa shape index (κ3) is 3.58. The lowest BCUT2D eigenvalue weighted by Crippen LogP contribution is -2.24. The van der Waals surface area contributed by atoms with Crippen molar-refractivity contribution in [3.8, 4) is 0 Å². The Morgan fingerprint density at radius 3 is 2.30 bits per heavy atom. The van der Waals surface area contributed by atoms with Crippen LogP contribution in [0, 0.1) is 0 Å². The van der Waals surface area contributed by atoms with Crippen LogP contribution in [0.3, 0.4) is 0 Å². The zero-order valence-electron chi connectivity index (χ0n) is 5.02. The van der Waals surface area contributed by atoms with Crippen LogP contribution in [-0.4, -0.2) is 33.7 Å². The first kappa shape index (κ1) is 9.58. The van der Waals surface area contributed by atoms with E-state index in [-0.39, 0.29) is 13.2 Å². The Labute approximate surface area is 57.0 Å². The topological polar surface area (TPSA) is 107 Å². The minimum Gasteiger partial charge on any atom is -0.395 e. The Morgan fingerprint density at radius 1 is 1.50 bits per heavy atom. The van der Waals surface area contributed by atoms with Crippen LogP contribution in [0.2, 0.25) is 0 Å². The number of amides is 1. The van der Waals surface area contributed by atoms with Crippen LogP contribution >= 0.6 is 7.60 Å². The second kappa shape index (κ2) is 3.68. The molecule has 0 spiro atoms. The highest BCUT2D eigenvalue weighted by molar-refractivity contribution is 7.69. The molecule has 0 unspecified atom stereocenters. The van der Waals surface area contributed by atoms with Crippen LogP contribution in [0.5, 0.6) is 0 Å². The van der Waals surface area contributed by atoms with Gasteiger partial charge in [-0.2, -0.15) is 0 Å². The summed E-state index contributed by atoms with van der Waals surface area (Å²) in [5.41, 5.74) is -1.36. The van der Waals surface area contributed by atoms with Gasteiger partial charge in [0.05, 0.1) is 6.61 Å². The quantitative estimate of drug-likeness (QED) is 0.400. The highest BCUT2D eigenvalue weighted by Crippen LogP contribution is 2.34. The lowest BCUT2D eigenvalue weighted by molar-refractivity contribution is 0.242. The summed E-state index contributed by atoms with van der Waals surface area (Å²) in [5.74, 6) is 0. The van der Waals surface area contributed by atoms with Gasteiger partial charge in [0.1, 0.15) is 0 Å². The minimum absolute atomic E-state index is 0.149. The molecular formula is C3H8NO5P. The average molecular weight is 169 g/mol. The maximum Gasteiger partial charge on any atom is 0.413 e. The van der Waals surface area contributed by atoms with Crippen molar-refractivity contribution in [1.82, 2.24) is 5.32 Å². The molecule has 1 amide bonds. The smallest absolute Gasteiger partial charge is 0.395 e. The summed E-state index contributed by atoms with van der Waals surface area (Å²) < 4.78 is 10.0. The third-order valence-electron chi connectivity index (χ3n) is 0.653. The third-order valence-corrected chi connectivity index (χ3v) is 1.34. The molecule has 60 valence electrons. The molecule has 0 aliphatic heterocycles. The number of aliphatic hydroxyl groups excluding tert-OH is 1. The molecule has 7 heteroatoms. The van der Waals surface area contributed by atoms with Gasteiger partial charge in [-0.25, -0.2) is 4.57 Å². The van der Waals surface area contributed by atoms with E-state index in [9.17, 15) is 9.36 Å². The largest absolute Gasteiger partial charge is 0.413 e. The molecule has 0 saturated heterocycles. The molecule has 0 radical (unpaired) electrons. The lowest BCUT2D eigenvalue weighted by Gasteiger charge is -2.02. The van der Waals surface area contributed by atoms with Crippen LogP contribution in [0.1, 0.15) is 0 Å². The molecular weight excluding hydrogens is 161 g/mol. The Bertz CT molecular complexity index is 162. The van der Waals surface area contributed by atoms with Gasteiger partial charge in [-0.15, -0.1) is 0 Å². The predicted octanol–water partition coefficient (Wildman–Crippen LogP) is -1.13. The predicted molar refractivity (Wildman–Crippen MR) is 32.5 cm³/mol. The van der Waals surface area contributed by atoms with E-state index in [1.54, 1.807) is 0 Å².